The van der Waals surface area contributed by atoms with Crippen molar-refractivity contribution in [2.75, 3.05) is 86.2 Å². The number of morpholine rings is 1. The van der Waals surface area contributed by atoms with E-state index in [4.69, 9.17) is 9.47 Å². The molecular weight excluding hydrogens is 697 g/mol. The lowest BCUT2D eigenvalue weighted by Gasteiger charge is -2.39. The summed E-state index contributed by atoms with van der Waals surface area (Å²) in [6.07, 6.45) is -1.95. The third-order valence-corrected chi connectivity index (χ3v) is 12.3. The number of aliphatic hydroxyl groups is 1. The molecule has 272 valence electrons. The van der Waals surface area contributed by atoms with Crippen LogP contribution in [0.25, 0.3) is 10.1 Å². The van der Waals surface area contributed by atoms with Gasteiger partial charge in [-0.2, -0.15) is 13.2 Å². The third kappa shape index (κ3) is 9.13. The lowest BCUT2D eigenvalue weighted by molar-refractivity contribution is -0.126. The molecule has 3 heterocycles. The summed E-state index contributed by atoms with van der Waals surface area (Å²) >= 11 is 1.23. The average molecular weight is 739 g/mol. The predicted molar refractivity (Wildman–Crippen MR) is 189 cm³/mol. The summed E-state index contributed by atoms with van der Waals surface area (Å²) in [5.41, 5.74) is 1.58. The quantitative estimate of drug-likeness (QED) is 0.190. The van der Waals surface area contributed by atoms with E-state index >= 15 is 4.39 Å². The van der Waals surface area contributed by atoms with Gasteiger partial charge in [0.05, 0.1) is 70.9 Å². The molecule has 0 spiro atoms. The second kappa shape index (κ2) is 15.9. The second-order valence-corrected chi connectivity index (χ2v) is 16.2. The molecule has 6 rings (SSSR count). The van der Waals surface area contributed by atoms with Crippen molar-refractivity contribution in [3.05, 3.63) is 46.6 Å². The van der Waals surface area contributed by atoms with Crippen molar-refractivity contribution in [3.8, 4) is 17.6 Å². The molecule has 0 atom stereocenters. The Morgan fingerprint density at radius 1 is 1.04 bits per heavy atom. The van der Waals surface area contributed by atoms with Crippen LogP contribution >= 0.6 is 11.3 Å². The fraction of sp³-hybridized carbons (Fsp3) is 0.543. The molecule has 9 nitrogen and oxygen atoms in total. The van der Waals surface area contributed by atoms with Gasteiger partial charge in [-0.15, -0.1) is 11.3 Å². The van der Waals surface area contributed by atoms with E-state index in [1.165, 1.54) is 17.4 Å². The number of rotatable bonds is 10. The number of nitrogens with one attached hydrogen (secondary N) is 2. The number of thiophene rings is 1. The topological polar surface area (TPSA) is 103 Å². The highest BCUT2D eigenvalue weighted by atomic mass is 32.2. The zero-order valence-corrected chi connectivity index (χ0v) is 29.3. The first-order valence-corrected chi connectivity index (χ1v) is 19.6. The van der Waals surface area contributed by atoms with Crippen LogP contribution in [-0.2, 0) is 21.0 Å². The van der Waals surface area contributed by atoms with Gasteiger partial charge in [0.15, 0.2) is 9.84 Å². The van der Waals surface area contributed by atoms with Crippen molar-refractivity contribution in [2.24, 2.45) is 0 Å². The lowest BCUT2D eigenvalue weighted by atomic mass is 9.90. The van der Waals surface area contributed by atoms with Gasteiger partial charge in [-0.05, 0) is 42.7 Å². The van der Waals surface area contributed by atoms with Crippen LogP contribution in [0.2, 0.25) is 0 Å². The molecular formula is C35H42F4N4O5S2. The molecule has 0 radical (unpaired) electrons. The molecule has 2 aliphatic heterocycles. The largest absolute Gasteiger partial charge is 0.489 e. The Kier molecular flexibility index (Phi) is 11.6. The summed E-state index contributed by atoms with van der Waals surface area (Å²) in [5.74, 6) is 6.14. The van der Waals surface area contributed by atoms with Crippen molar-refractivity contribution in [2.45, 2.75) is 50.4 Å². The van der Waals surface area contributed by atoms with Crippen LogP contribution in [-0.4, -0.2) is 107 Å². The minimum absolute atomic E-state index is 0.000194. The number of anilines is 3. The summed E-state index contributed by atoms with van der Waals surface area (Å²) in [6.45, 7) is 2.92. The van der Waals surface area contributed by atoms with E-state index in [0.29, 0.717) is 77.5 Å². The van der Waals surface area contributed by atoms with E-state index in [1.54, 1.807) is 18.2 Å². The van der Waals surface area contributed by atoms with Gasteiger partial charge >= 0.3 is 6.18 Å². The normalized spacial score (nSPS) is 21.4. The minimum atomic E-state index is -4.43. The van der Waals surface area contributed by atoms with Gasteiger partial charge in [-0.3, -0.25) is 4.90 Å². The maximum Gasteiger partial charge on any atom is 0.393 e. The van der Waals surface area contributed by atoms with E-state index < -0.39 is 28.3 Å². The third-order valence-electron chi connectivity index (χ3n) is 9.47. The molecule has 2 saturated heterocycles. The van der Waals surface area contributed by atoms with Gasteiger partial charge in [0.1, 0.15) is 18.2 Å². The summed E-state index contributed by atoms with van der Waals surface area (Å²) in [6, 6.07) is 8.71. The summed E-state index contributed by atoms with van der Waals surface area (Å²) < 4.78 is 92.1. The first-order chi connectivity index (χ1) is 24.0. The highest BCUT2D eigenvalue weighted by molar-refractivity contribution is 7.91. The molecule has 50 heavy (non-hydrogen) atoms. The van der Waals surface area contributed by atoms with Gasteiger partial charge in [0.2, 0.25) is 0 Å². The molecule has 3 fully saturated rings. The van der Waals surface area contributed by atoms with Gasteiger partial charge in [-0.25, -0.2) is 12.8 Å². The van der Waals surface area contributed by atoms with Gasteiger partial charge in [0, 0.05) is 50.4 Å². The molecule has 2 aromatic carbocycles. The van der Waals surface area contributed by atoms with Gasteiger partial charge in [-0.1, -0.05) is 24.0 Å². The molecule has 3 aliphatic rings. The monoisotopic (exact) mass is 738 g/mol. The van der Waals surface area contributed by atoms with Crippen LogP contribution in [0.4, 0.5) is 34.6 Å². The SMILES string of the molecule is O=S1(=O)CCN(C2CCC(Nc3cccc4c(CC(F)(F)F)c(C#CCNc5cc(F)c(N6CCOCC6)cc5OCCO)sc34)CC2)CC1. The predicted octanol–water partition coefficient (Wildman–Crippen LogP) is 5.27. The zero-order chi connectivity index (χ0) is 35.3. The Hall–Kier alpha value is -3.29. The molecule has 15 heteroatoms. The molecule has 1 aliphatic carbocycles. The highest BCUT2D eigenvalue weighted by Crippen LogP contribution is 2.40. The second-order valence-electron chi connectivity index (χ2n) is 12.8. The number of nitrogens with zero attached hydrogens (tertiary/aromatic N) is 2. The number of benzene rings is 2. The van der Waals surface area contributed by atoms with Crippen molar-refractivity contribution < 1.29 is 40.6 Å². The number of fused-ring (bicyclic) bond motifs is 1. The number of aliphatic hydroxyl groups excluding tert-OH is 1. The number of ether oxygens (including phenoxy) is 2. The average Bonchev–Trinajstić information content (AvgIpc) is 3.43. The molecule has 0 bridgehead atoms. The Balaban J connectivity index is 1.17. The Bertz CT molecular complexity index is 1800. The molecule has 3 N–H and O–H groups in total. The summed E-state index contributed by atoms with van der Waals surface area (Å²) in [7, 11) is -2.94. The van der Waals surface area contributed by atoms with Crippen molar-refractivity contribution in [1.29, 1.82) is 0 Å². The Morgan fingerprint density at radius 2 is 1.78 bits per heavy atom. The standard InChI is InChI=1S/C35H42F4N4O5S2/c36-28-21-30(32(48-18-15-44)22-31(28)43-11-16-47-17-12-43)40-10-2-5-33-27(23-35(37,38)39)26-3-1-4-29(34(26)49-33)41-24-6-8-25(9-7-24)42-13-19-50(45,46)20-14-42/h1,3-4,21-22,24-25,40-41,44H,6-20,23H2. The maximum atomic E-state index is 15.2. The minimum Gasteiger partial charge on any atom is -0.489 e. The number of hydrogen-bond acceptors (Lipinski definition) is 10. The van der Waals surface area contributed by atoms with E-state index in [1.807, 2.05) is 11.0 Å². The fourth-order valence-electron chi connectivity index (χ4n) is 6.92. The molecule has 1 saturated carbocycles. The van der Waals surface area contributed by atoms with E-state index in [0.717, 1.165) is 31.4 Å². The summed E-state index contributed by atoms with van der Waals surface area (Å²) in [4.78, 5) is 4.46. The number of sulfone groups is 1. The highest BCUT2D eigenvalue weighted by Gasteiger charge is 2.33. The number of hydrogen-bond donors (Lipinski definition) is 3. The van der Waals surface area contributed by atoms with Crippen molar-refractivity contribution in [3.63, 3.8) is 0 Å². The molecule has 0 amide bonds. The van der Waals surface area contributed by atoms with Crippen LogP contribution in [0.15, 0.2) is 30.3 Å². The maximum absolute atomic E-state index is 15.2. The van der Waals surface area contributed by atoms with Crippen LogP contribution in [0.1, 0.15) is 36.1 Å². The van der Waals surface area contributed by atoms with Crippen LogP contribution < -0.4 is 20.3 Å². The smallest absolute Gasteiger partial charge is 0.393 e. The molecule has 0 unspecified atom stereocenters. The number of alkyl halides is 3. The lowest BCUT2D eigenvalue weighted by Crippen LogP contribution is -2.48. The van der Waals surface area contributed by atoms with E-state index in [2.05, 4.69) is 27.4 Å². The first-order valence-electron chi connectivity index (χ1n) is 16.9. The summed E-state index contributed by atoms with van der Waals surface area (Å²) in [5, 5.41) is 16.4. The fourth-order valence-corrected chi connectivity index (χ4v) is 9.32. The number of halogens is 4. The van der Waals surface area contributed by atoms with Crippen molar-refractivity contribution >= 4 is 48.3 Å². The molecule has 3 aromatic rings. The van der Waals surface area contributed by atoms with Crippen LogP contribution in [0.3, 0.4) is 0 Å². The van der Waals surface area contributed by atoms with E-state index in [9.17, 15) is 26.7 Å². The van der Waals surface area contributed by atoms with E-state index in [-0.39, 0.29) is 42.9 Å². The Labute approximate surface area is 293 Å². The van der Waals surface area contributed by atoms with Crippen molar-refractivity contribution in [1.82, 2.24) is 4.90 Å². The Morgan fingerprint density at radius 3 is 2.48 bits per heavy atom. The molecule has 1 aromatic heterocycles. The van der Waals surface area contributed by atoms with Gasteiger partial charge < -0.3 is 30.1 Å². The first kappa shape index (κ1) is 36.5. The zero-order valence-electron chi connectivity index (χ0n) is 27.7. The van der Waals surface area contributed by atoms with Crippen LogP contribution in [0.5, 0.6) is 5.75 Å². The van der Waals surface area contributed by atoms with Crippen LogP contribution in [0, 0.1) is 17.7 Å². The van der Waals surface area contributed by atoms with Gasteiger partial charge in [0.25, 0.3) is 0 Å².